The molecule has 1 atom stereocenters. The standard InChI is InChI=1S/C22H25N3O4S/c1-16-5-10-20(29-2)21(14-16)30(27,28)25-13-3-4-18(15-25)22(26)24-19-8-6-17(7-9-19)11-12-23/h5-10,14,18H,3-4,11,13,15H2,1-2H3,(H,24,26). The van der Waals surface area contributed by atoms with Crippen molar-refractivity contribution in [3.8, 4) is 11.8 Å². The van der Waals surface area contributed by atoms with Crippen LogP contribution in [0.15, 0.2) is 47.4 Å². The molecule has 158 valence electrons. The summed E-state index contributed by atoms with van der Waals surface area (Å²) in [4.78, 5) is 12.9. The minimum absolute atomic E-state index is 0.123. The van der Waals surface area contributed by atoms with E-state index in [1.54, 1.807) is 42.5 Å². The van der Waals surface area contributed by atoms with Crippen molar-refractivity contribution in [3.63, 3.8) is 0 Å². The van der Waals surface area contributed by atoms with Gasteiger partial charge in [-0.25, -0.2) is 8.42 Å². The lowest BCUT2D eigenvalue weighted by atomic mass is 9.98. The number of amides is 1. The molecule has 1 unspecified atom stereocenters. The average molecular weight is 428 g/mol. The first kappa shape index (κ1) is 21.8. The normalized spacial score (nSPS) is 17.2. The van der Waals surface area contributed by atoms with Crippen LogP contribution in [0.3, 0.4) is 0 Å². The summed E-state index contributed by atoms with van der Waals surface area (Å²) in [5.74, 6) is -0.355. The largest absolute Gasteiger partial charge is 0.495 e. The molecule has 3 rings (SSSR count). The number of anilines is 1. The van der Waals surface area contributed by atoms with Crippen LogP contribution in [0.2, 0.25) is 0 Å². The van der Waals surface area contributed by atoms with E-state index in [1.807, 2.05) is 6.92 Å². The van der Waals surface area contributed by atoms with Crippen LogP contribution in [-0.2, 0) is 21.2 Å². The highest BCUT2D eigenvalue weighted by atomic mass is 32.2. The van der Waals surface area contributed by atoms with E-state index in [1.165, 1.54) is 11.4 Å². The summed E-state index contributed by atoms with van der Waals surface area (Å²) in [7, 11) is -2.34. The second-order valence-electron chi connectivity index (χ2n) is 7.38. The molecule has 30 heavy (non-hydrogen) atoms. The Bertz CT molecular complexity index is 1060. The quantitative estimate of drug-likeness (QED) is 0.764. The van der Waals surface area contributed by atoms with Crippen LogP contribution >= 0.6 is 0 Å². The van der Waals surface area contributed by atoms with Crippen LogP contribution in [0.4, 0.5) is 5.69 Å². The SMILES string of the molecule is COc1ccc(C)cc1S(=O)(=O)N1CCCC(C(=O)Nc2ccc(CC#N)cc2)C1. The third-order valence-corrected chi connectivity index (χ3v) is 7.08. The van der Waals surface area contributed by atoms with E-state index in [2.05, 4.69) is 11.4 Å². The maximum atomic E-state index is 13.2. The molecule has 8 heteroatoms. The number of methoxy groups -OCH3 is 1. The third-order valence-electron chi connectivity index (χ3n) is 5.20. The Balaban J connectivity index is 1.74. The topological polar surface area (TPSA) is 99.5 Å². The third kappa shape index (κ3) is 4.81. The van der Waals surface area contributed by atoms with Crippen molar-refractivity contribution in [1.29, 1.82) is 5.26 Å². The van der Waals surface area contributed by atoms with E-state index in [-0.39, 0.29) is 17.3 Å². The van der Waals surface area contributed by atoms with Gasteiger partial charge >= 0.3 is 0 Å². The number of aryl methyl sites for hydroxylation is 1. The lowest BCUT2D eigenvalue weighted by Crippen LogP contribution is -2.43. The summed E-state index contributed by atoms with van der Waals surface area (Å²) in [5.41, 5.74) is 2.32. The molecule has 2 aromatic rings. The van der Waals surface area contributed by atoms with E-state index in [9.17, 15) is 13.2 Å². The molecule has 1 aliphatic heterocycles. The highest BCUT2D eigenvalue weighted by Crippen LogP contribution is 2.31. The highest BCUT2D eigenvalue weighted by Gasteiger charge is 2.35. The van der Waals surface area contributed by atoms with Crippen molar-refractivity contribution in [2.75, 3.05) is 25.5 Å². The van der Waals surface area contributed by atoms with Crippen molar-refractivity contribution >= 4 is 21.6 Å². The minimum atomic E-state index is -3.78. The summed E-state index contributed by atoms with van der Waals surface area (Å²) in [6.07, 6.45) is 1.54. The summed E-state index contributed by atoms with van der Waals surface area (Å²) < 4.78 is 33.1. The summed E-state index contributed by atoms with van der Waals surface area (Å²) >= 11 is 0. The summed E-state index contributed by atoms with van der Waals surface area (Å²) in [6, 6.07) is 14.2. The van der Waals surface area contributed by atoms with Gasteiger partial charge in [0, 0.05) is 18.8 Å². The van der Waals surface area contributed by atoms with Crippen molar-refractivity contribution in [2.24, 2.45) is 5.92 Å². The van der Waals surface area contributed by atoms with Gasteiger partial charge in [0.05, 0.1) is 25.5 Å². The van der Waals surface area contributed by atoms with Gasteiger partial charge in [-0.1, -0.05) is 18.2 Å². The predicted molar refractivity (Wildman–Crippen MR) is 114 cm³/mol. The molecular formula is C22H25N3O4S. The van der Waals surface area contributed by atoms with Crippen molar-refractivity contribution < 1.29 is 17.9 Å². The van der Waals surface area contributed by atoms with Crippen LogP contribution in [0.25, 0.3) is 0 Å². The number of carbonyl (C=O) groups is 1. The van der Waals surface area contributed by atoms with Gasteiger partial charge in [0.15, 0.2) is 0 Å². The number of sulfonamides is 1. The molecule has 0 saturated carbocycles. The van der Waals surface area contributed by atoms with Gasteiger partial charge in [0.25, 0.3) is 0 Å². The number of ether oxygens (including phenoxy) is 1. The Kier molecular flexibility index (Phi) is 6.75. The van der Waals surface area contributed by atoms with Crippen LogP contribution in [-0.4, -0.2) is 38.8 Å². The molecule has 7 nitrogen and oxygen atoms in total. The lowest BCUT2D eigenvalue weighted by molar-refractivity contribution is -0.120. The van der Waals surface area contributed by atoms with E-state index in [4.69, 9.17) is 10.00 Å². The zero-order valence-corrected chi connectivity index (χ0v) is 17.9. The Hall–Kier alpha value is -2.89. The first-order chi connectivity index (χ1) is 14.3. The van der Waals surface area contributed by atoms with Gasteiger partial charge in [0.2, 0.25) is 15.9 Å². The van der Waals surface area contributed by atoms with E-state index in [0.29, 0.717) is 37.2 Å². The minimum Gasteiger partial charge on any atom is -0.495 e. The molecule has 1 saturated heterocycles. The molecule has 1 heterocycles. The van der Waals surface area contributed by atoms with Gasteiger partial charge in [-0.3, -0.25) is 4.79 Å². The van der Waals surface area contributed by atoms with Gasteiger partial charge in [-0.2, -0.15) is 9.57 Å². The van der Waals surface area contributed by atoms with Crippen molar-refractivity contribution in [2.45, 2.75) is 31.1 Å². The Morgan fingerprint density at radius 1 is 1.27 bits per heavy atom. The van der Waals surface area contributed by atoms with Crippen molar-refractivity contribution in [3.05, 3.63) is 53.6 Å². The molecule has 1 N–H and O–H groups in total. The monoisotopic (exact) mass is 427 g/mol. The number of piperidine rings is 1. The molecular weight excluding hydrogens is 402 g/mol. The smallest absolute Gasteiger partial charge is 0.246 e. The lowest BCUT2D eigenvalue weighted by Gasteiger charge is -2.31. The predicted octanol–water partition coefficient (Wildman–Crippen LogP) is 3.11. The molecule has 0 spiro atoms. The Labute approximate surface area is 177 Å². The van der Waals surface area contributed by atoms with Gasteiger partial charge in [-0.05, 0) is 55.2 Å². The number of nitriles is 1. The molecule has 0 bridgehead atoms. The zero-order chi connectivity index (χ0) is 21.7. The molecule has 1 amide bonds. The maximum Gasteiger partial charge on any atom is 0.246 e. The highest BCUT2D eigenvalue weighted by molar-refractivity contribution is 7.89. The number of carbonyl (C=O) groups excluding carboxylic acids is 1. The Morgan fingerprint density at radius 2 is 2.00 bits per heavy atom. The van der Waals surface area contributed by atoms with Crippen LogP contribution in [0.1, 0.15) is 24.0 Å². The Morgan fingerprint density at radius 3 is 2.67 bits per heavy atom. The molecule has 2 aromatic carbocycles. The number of rotatable bonds is 6. The molecule has 0 aromatic heterocycles. The molecule has 0 aliphatic carbocycles. The van der Waals surface area contributed by atoms with E-state index >= 15 is 0 Å². The second-order valence-corrected chi connectivity index (χ2v) is 9.28. The molecule has 0 radical (unpaired) electrons. The fraction of sp³-hybridized carbons (Fsp3) is 0.364. The van der Waals surface area contributed by atoms with Crippen LogP contribution < -0.4 is 10.1 Å². The van der Waals surface area contributed by atoms with Crippen LogP contribution in [0.5, 0.6) is 5.75 Å². The number of hydrogen-bond acceptors (Lipinski definition) is 5. The summed E-state index contributed by atoms with van der Waals surface area (Å²) in [5, 5.41) is 11.6. The second kappa shape index (κ2) is 9.28. The molecule has 1 aliphatic rings. The van der Waals surface area contributed by atoms with E-state index < -0.39 is 15.9 Å². The van der Waals surface area contributed by atoms with E-state index in [0.717, 1.165) is 11.1 Å². The number of benzene rings is 2. The summed E-state index contributed by atoms with van der Waals surface area (Å²) in [6.45, 7) is 2.32. The maximum absolute atomic E-state index is 13.2. The van der Waals surface area contributed by atoms with Gasteiger partial charge in [-0.15, -0.1) is 0 Å². The first-order valence-electron chi connectivity index (χ1n) is 9.76. The molecule has 1 fully saturated rings. The van der Waals surface area contributed by atoms with Crippen molar-refractivity contribution in [1.82, 2.24) is 4.31 Å². The fourth-order valence-electron chi connectivity index (χ4n) is 3.54. The number of nitrogens with one attached hydrogen (secondary N) is 1. The average Bonchev–Trinajstić information content (AvgIpc) is 2.75. The first-order valence-corrected chi connectivity index (χ1v) is 11.2. The van der Waals surface area contributed by atoms with Gasteiger partial charge < -0.3 is 10.1 Å². The number of nitrogens with zero attached hydrogens (tertiary/aromatic N) is 2. The zero-order valence-electron chi connectivity index (χ0n) is 17.1. The number of hydrogen-bond donors (Lipinski definition) is 1. The van der Waals surface area contributed by atoms with Gasteiger partial charge in [0.1, 0.15) is 10.6 Å². The van der Waals surface area contributed by atoms with Crippen LogP contribution in [0, 0.1) is 24.2 Å². The fourth-order valence-corrected chi connectivity index (χ4v) is 5.31.